The lowest BCUT2D eigenvalue weighted by molar-refractivity contribution is -0.384. The van der Waals surface area contributed by atoms with E-state index in [0.29, 0.717) is 5.56 Å². The van der Waals surface area contributed by atoms with Gasteiger partial charge in [0, 0.05) is 12.1 Å². The minimum atomic E-state index is -0.586. The summed E-state index contributed by atoms with van der Waals surface area (Å²) in [5.41, 5.74) is 0.312. The van der Waals surface area contributed by atoms with Crippen molar-refractivity contribution in [3.63, 3.8) is 0 Å². The van der Waals surface area contributed by atoms with Crippen molar-refractivity contribution in [2.75, 3.05) is 13.2 Å². The quantitative estimate of drug-likeness (QED) is 0.451. The van der Waals surface area contributed by atoms with Gasteiger partial charge in [-0.1, -0.05) is 11.6 Å². The van der Waals surface area contributed by atoms with Crippen LogP contribution < -0.4 is 0 Å². The molecule has 1 aromatic rings. The van der Waals surface area contributed by atoms with E-state index in [0.717, 1.165) is 4.90 Å². The van der Waals surface area contributed by atoms with Gasteiger partial charge in [0.2, 0.25) is 0 Å². The molecular formula is C15H15ClN2O5. The molecule has 1 aliphatic rings. The highest BCUT2D eigenvalue weighted by atomic mass is 35.5. The van der Waals surface area contributed by atoms with Crippen LogP contribution in [0.25, 0.3) is 5.57 Å². The maximum absolute atomic E-state index is 12.4. The Labute approximate surface area is 137 Å². The predicted molar refractivity (Wildman–Crippen MR) is 83.7 cm³/mol. The monoisotopic (exact) mass is 338 g/mol. The van der Waals surface area contributed by atoms with Crippen molar-refractivity contribution in [3.8, 4) is 0 Å². The van der Waals surface area contributed by atoms with E-state index >= 15 is 0 Å². The van der Waals surface area contributed by atoms with Crippen molar-refractivity contribution in [1.29, 1.82) is 0 Å². The van der Waals surface area contributed by atoms with Gasteiger partial charge in [-0.3, -0.25) is 24.6 Å². The van der Waals surface area contributed by atoms with E-state index in [1.807, 2.05) is 13.8 Å². The number of nitro benzene ring substituents is 1. The third-order valence-corrected chi connectivity index (χ3v) is 3.59. The van der Waals surface area contributed by atoms with E-state index in [2.05, 4.69) is 0 Å². The Hall–Kier alpha value is -2.25. The Morgan fingerprint density at radius 1 is 1.22 bits per heavy atom. The number of benzene rings is 1. The Balaban J connectivity index is 2.20. The summed E-state index contributed by atoms with van der Waals surface area (Å²) in [4.78, 5) is 35.6. The van der Waals surface area contributed by atoms with Gasteiger partial charge in [-0.2, -0.15) is 0 Å². The van der Waals surface area contributed by atoms with Crippen LogP contribution in [0.3, 0.4) is 0 Å². The summed E-state index contributed by atoms with van der Waals surface area (Å²) in [5.74, 6) is -1.11. The smallest absolute Gasteiger partial charge is 0.273 e. The molecule has 1 heterocycles. The first-order valence-electron chi connectivity index (χ1n) is 6.95. The fourth-order valence-electron chi connectivity index (χ4n) is 2.13. The molecule has 0 aliphatic carbocycles. The molecule has 0 aromatic heterocycles. The van der Waals surface area contributed by atoms with Crippen LogP contribution in [0.4, 0.5) is 5.69 Å². The molecule has 1 aliphatic heterocycles. The van der Waals surface area contributed by atoms with Crippen molar-refractivity contribution in [2.45, 2.75) is 20.0 Å². The largest absolute Gasteiger partial charge is 0.377 e. The molecule has 0 unspecified atom stereocenters. The van der Waals surface area contributed by atoms with E-state index in [1.165, 1.54) is 24.3 Å². The summed E-state index contributed by atoms with van der Waals surface area (Å²) in [6.45, 7) is 4.01. The third kappa shape index (κ3) is 3.57. The summed E-state index contributed by atoms with van der Waals surface area (Å²) in [5, 5.41) is 10.5. The van der Waals surface area contributed by atoms with Gasteiger partial charge in [-0.15, -0.1) is 0 Å². The highest BCUT2D eigenvalue weighted by Gasteiger charge is 2.37. The molecule has 23 heavy (non-hydrogen) atoms. The molecule has 0 N–H and O–H groups in total. The second kappa shape index (κ2) is 6.89. The summed E-state index contributed by atoms with van der Waals surface area (Å²) < 4.78 is 5.34. The molecule has 122 valence electrons. The fraction of sp³-hybridized carbons (Fsp3) is 0.333. The third-order valence-electron chi connectivity index (χ3n) is 3.24. The van der Waals surface area contributed by atoms with E-state index in [1.54, 1.807) is 0 Å². The van der Waals surface area contributed by atoms with Crippen molar-refractivity contribution < 1.29 is 19.2 Å². The number of rotatable bonds is 6. The molecule has 0 spiro atoms. The summed E-state index contributed by atoms with van der Waals surface area (Å²) in [6.07, 6.45) is -0.0135. The van der Waals surface area contributed by atoms with Gasteiger partial charge >= 0.3 is 0 Å². The topological polar surface area (TPSA) is 89.8 Å². The number of non-ortho nitro benzene ring substituents is 1. The van der Waals surface area contributed by atoms with Gasteiger partial charge in [-0.25, -0.2) is 0 Å². The molecule has 0 saturated heterocycles. The first kappa shape index (κ1) is 17.1. The predicted octanol–water partition coefficient (Wildman–Crippen LogP) is 2.34. The maximum atomic E-state index is 12.4. The lowest BCUT2D eigenvalue weighted by Gasteiger charge is -2.16. The number of nitrogens with zero attached hydrogens (tertiary/aromatic N) is 2. The average molecular weight is 339 g/mol. The molecule has 0 radical (unpaired) electrons. The van der Waals surface area contributed by atoms with Crippen molar-refractivity contribution in [2.24, 2.45) is 0 Å². The van der Waals surface area contributed by atoms with E-state index < -0.39 is 16.7 Å². The maximum Gasteiger partial charge on any atom is 0.273 e. The van der Waals surface area contributed by atoms with Crippen LogP contribution in [-0.2, 0) is 14.3 Å². The number of hydrogen-bond acceptors (Lipinski definition) is 5. The first-order valence-corrected chi connectivity index (χ1v) is 7.33. The van der Waals surface area contributed by atoms with E-state index in [-0.39, 0.29) is 35.5 Å². The van der Waals surface area contributed by atoms with E-state index in [9.17, 15) is 19.7 Å². The van der Waals surface area contributed by atoms with Crippen molar-refractivity contribution in [3.05, 3.63) is 45.0 Å². The van der Waals surface area contributed by atoms with Gasteiger partial charge in [0.15, 0.2) is 0 Å². The zero-order valence-electron chi connectivity index (χ0n) is 12.6. The normalized spacial score (nSPS) is 15.0. The number of halogens is 1. The summed E-state index contributed by atoms with van der Waals surface area (Å²) >= 11 is 5.99. The van der Waals surface area contributed by atoms with Crippen LogP contribution in [0, 0.1) is 10.1 Å². The molecular weight excluding hydrogens is 324 g/mol. The zero-order chi connectivity index (χ0) is 17.1. The van der Waals surface area contributed by atoms with Crippen LogP contribution in [0.1, 0.15) is 19.4 Å². The molecule has 2 amide bonds. The zero-order valence-corrected chi connectivity index (χ0v) is 13.4. The first-order chi connectivity index (χ1) is 10.8. The highest BCUT2D eigenvalue weighted by Crippen LogP contribution is 2.32. The molecule has 7 nitrogen and oxygen atoms in total. The number of hydrogen-bond donors (Lipinski definition) is 0. The molecule has 0 fully saturated rings. The average Bonchev–Trinajstić information content (AvgIpc) is 2.70. The minimum Gasteiger partial charge on any atom is -0.377 e. The SMILES string of the molecule is CC(C)OCCN1C(=O)C(Cl)=C(c2ccc([N+](=O)[O-])cc2)C1=O. The lowest BCUT2D eigenvalue weighted by atomic mass is 10.1. The summed E-state index contributed by atoms with van der Waals surface area (Å²) in [6, 6.07) is 5.31. The number of ether oxygens (including phenoxy) is 1. The molecule has 8 heteroatoms. The molecule has 0 atom stereocenters. The van der Waals surface area contributed by atoms with Crippen LogP contribution >= 0.6 is 11.6 Å². The van der Waals surface area contributed by atoms with Crippen molar-refractivity contribution in [1.82, 2.24) is 4.90 Å². The number of carbonyl (C=O) groups excluding carboxylic acids is 2. The Bertz CT molecular complexity index is 682. The Kier molecular flexibility index (Phi) is 5.12. The van der Waals surface area contributed by atoms with Crippen LogP contribution in [0.5, 0.6) is 0 Å². The van der Waals surface area contributed by atoms with Gasteiger partial charge in [-0.05, 0) is 31.5 Å². The Morgan fingerprint density at radius 3 is 2.35 bits per heavy atom. The lowest BCUT2D eigenvalue weighted by Crippen LogP contribution is -2.34. The molecule has 0 bridgehead atoms. The number of carbonyl (C=O) groups is 2. The molecule has 2 rings (SSSR count). The Morgan fingerprint density at radius 2 is 1.83 bits per heavy atom. The second-order valence-electron chi connectivity index (χ2n) is 5.17. The van der Waals surface area contributed by atoms with Crippen LogP contribution in [0.2, 0.25) is 0 Å². The fourth-order valence-corrected chi connectivity index (χ4v) is 2.42. The van der Waals surface area contributed by atoms with Gasteiger partial charge in [0.25, 0.3) is 17.5 Å². The van der Waals surface area contributed by atoms with Gasteiger partial charge in [0.1, 0.15) is 5.03 Å². The van der Waals surface area contributed by atoms with Crippen LogP contribution in [-0.4, -0.2) is 40.9 Å². The van der Waals surface area contributed by atoms with Crippen LogP contribution in [0.15, 0.2) is 29.3 Å². The molecule has 0 saturated carbocycles. The van der Waals surface area contributed by atoms with Gasteiger partial charge < -0.3 is 4.74 Å². The van der Waals surface area contributed by atoms with Gasteiger partial charge in [0.05, 0.1) is 29.8 Å². The van der Waals surface area contributed by atoms with Crippen molar-refractivity contribution >= 4 is 34.7 Å². The number of nitro groups is 1. The summed E-state index contributed by atoms with van der Waals surface area (Å²) in [7, 11) is 0. The highest BCUT2D eigenvalue weighted by molar-refractivity contribution is 6.55. The van der Waals surface area contributed by atoms with E-state index in [4.69, 9.17) is 16.3 Å². The standard InChI is InChI=1S/C15H15ClN2O5/c1-9(2)23-8-7-17-14(19)12(13(16)15(17)20)10-3-5-11(6-4-10)18(21)22/h3-6,9H,7-8H2,1-2H3. The second-order valence-corrected chi connectivity index (χ2v) is 5.55. The number of amides is 2. The minimum absolute atomic E-state index is 0.0135. The number of imide groups is 1. The molecule has 1 aromatic carbocycles.